The van der Waals surface area contributed by atoms with Crippen molar-refractivity contribution in [3.8, 4) is 0 Å². The Kier molecular flexibility index (Phi) is 8.11. The van der Waals surface area contributed by atoms with Crippen molar-refractivity contribution in [1.29, 1.82) is 0 Å². The number of amides is 4. The first kappa shape index (κ1) is 27.0. The topological polar surface area (TPSA) is 99.3 Å². The van der Waals surface area contributed by atoms with Crippen LogP contribution in [-0.4, -0.2) is 77.8 Å². The monoisotopic (exact) mass is 530 g/mol. The molecule has 0 spiro atoms. The molecule has 1 aromatic rings. The highest BCUT2D eigenvalue weighted by Gasteiger charge is 2.47. The number of esters is 1. The zero-order valence-electron chi connectivity index (χ0n) is 21.8. The van der Waals surface area contributed by atoms with E-state index in [1.54, 1.807) is 42.0 Å². The summed E-state index contributed by atoms with van der Waals surface area (Å²) in [6.45, 7) is 7.20. The molecule has 0 aromatic heterocycles. The van der Waals surface area contributed by atoms with Gasteiger partial charge in [-0.05, 0) is 43.7 Å². The summed E-state index contributed by atoms with van der Waals surface area (Å²) >= 11 is 6.45. The van der Waals surface area contributed by atoms with E-state index in [2.05, 4.69) is 5.32 Å². The van der Waals surface area contributed by atoms with E-state index in [1.807, 2.05) is 19.9 Å². The van der Waals surface area contributed by atoms with Gasteiger partial charge in [-0.15, -0.1) is 0 Å². The third-order valence-electron chi connectivity index (χ3n) is 7.39. The lowest BCUT2D eigenvalue weighted by Gasteiger charge is -2.37. The third kappa shape index (κ3) is 5.32. The molecule has 200 valence electrons. The zero-order chi connectivity index (χ0) is 26.9. The van der Waals surface area contributed by atoms with E-state index >= 15 is 0 Å². The predicted molar refractivity (Wildman–Crippen MR) is 138 cm³/mol. The number of halogens is 1. The molecule has 1 fully saturated rings. The number of nitrogens with one attached hydrogen (secondary N) is 1. The second-order valence-corrected chi connectivity index (χ2v) is 10.7. The van der Waals surface area contributed by atoms with Crippen LogP contribution in [-0.2, 0) is 19.1 Å². The molecule has 9 nitrogen and oxygen atoms in total. The molecule has 1 saturated heterocycles. The molecular weight excluding hydrogens is 496 g/mol. The molecule has 3 aliphatic heterocycles. The lowest BCUT2D eigenvalue weighted by molar-refractivity contribution is -0.152. The molecule has 3 aliphatic rings. The summed E-state index contributed by atoms with van der Waals surface area (Å²) in [5, 5.41) is 3.36. The Bertz CT molecular complexity index is 1110. The molecular formula is C27H35ClN4O5. The minimum absolute atomic E-state index is 0.125. The van der Waals surface area contributed by atoms with E-state index in [4.69, 9.17) is 16.3 Å². The number of rotatable bonds is 7. The molecule has 0 saturated carbocycles. The SMILES string of the molecule is CCOC(=O)C1CCN(C(=O)[C@H](CC(C)C)N2CC3=C(C2=O)[C@H](c2ccccc2Cl)NC(=O)N3C)CC1. The second kappa shape index (κ2) is 11.1. The summed E-state index contributed by atoms with van der Waals surface area (Å²) in [6.07, 6.45) is 1.57. The molecule has 1 aromatic carbocycles. The normalized spacial score (nSPS) is 21.4. The van der Waals surface area contributed by atoms with E-state index in [0.29, 0.717) is 60.8 Å². The summed E-state index contributed by atoms with van der Waals surface area (Å²) < 4.78 is 5.15. The van der Waals surface area contributed by atoms with Crippen LogP contribution in [0, 0.1) is 11.8 Å². The average molecular weight is 531 g/mol. The number of hydrogen-bond donors (Lipinski definition) is 1. The molecule has 1 N–H and O–H groups in total. The number of urea groups is 1. The standard InChI is InChI=1S/C27H35ClN4O5/c1-5-37-26(35)17-10-12-31(13-11-17)24(33)20(14-16(2)3)32-15-21-22(25(32)34)23(29-27(36)30(21)4)18-8-6-7-9-19(18)28/h6-9,16-17,20,23H,5,10-15H2,1-4H3,(H,29,36)/t20-,23-/m0/s1. The summed E-state index contributed by atoms with van der Waals surface area (Å²) in [4.78, 5) is 57.5. The minimum Gasteiger partial charge on any atom is -0.466 e. The quantitative estimate of drug-likeness (QED) is 0.545. The van der Waals surface area contributed by atoms with Crippen molar-refractivity contribution in [1.82, 2.24) is 20.0 Å². The van der Waals surface area contributed by atoms with Gasteiger partial charge in [0.05, 0.1) is 36.4 Å². The first-order chi connectivity index (χ1) is 17.6. The maximum absolute atomic E-state index is 13.9. The number of likely N-dealkylation sites (N-methyl/N-ethyl adjacent to an activating group) is 1. The van der Waals surface area contributed by atoms with Crippen LogP contribution in [0.5, 0.6) is 0 Å². The van der Waals surface area contributed by atoms with Crippen LogP contribution in [0.1, 0.15) is 51.6 Å². The van der Waals surface area contributed by atoms with Gasteiger partial charge in [-0.2, -0.15) is 0 Å². The van der Waals surface area contributed by atoms with Gasteiger partial charge in [0.2, 0.25) is 5.91 Å². The molecule has 10 heteroatoms. The summed E-state index contributed by atoms with van der Waals surface area (Å²) in [5.74, 6) is -0.663. The summed E-state index contributed by atoms with van der Waals surface area (Å²) in [6, 6.07) is 5.43. The molecule has 0 unspecified atom stereocenters. The van der Waals surface area contributed by atoms with E-state index < -0.39 is 12.1 Å². The van der Waals surface area contributed by atoms with Gasteiger partial charge in [0.25, 0.3) is 5.91 Å². The molecule has 4 amide bonds. The minimum atomic E-state index is -0.694. The lowest BCUT2D eigenvalue weighted by Crippen LogP contribution is -2.52. The number of nitrogens with zero attached hydrogens (tertiary/aromatic N) is 3. The largest absolute Gasteiger partial charge is 0.466 e. The first-order valence-corrected chi connectivity index (χ1v) is 13.3. The number of benzene rings is 1. The number of likely N-dealkylation sites (tertiary alicyclic amines) is 1. The predicted octanol–water partition coefficient (Wildman–Crippen LogP) is 3.35. The van der Waals surface area contributed by atoms with Gasteiger partial charge in [0.15, 0.2) is 0 Å². The van der Waals surface area contributed by atoms with Crippen LogP contribution < -0.4 is 5.32 Å². The van der Waals surface area contributed by atoms with Crippen LogP contribution in [0.4, 0.5) is 4.79 Å². The Morgan fingerprint density at radius 2 is 1.84 bits per heavy atom. The fourth-order valence-corrected chi connectivity index (χ4v) is 5.64. The van der Waals surface area contributed by atoms with Crippen molar-refractivity contribution in [2.45, 2.75) is 52.1 Å². The van der Waals surface area contributed by atoms with Crippen LogP contribution in [0.2, 0.25) is 5.02 Å². The number of carbonyl (C=O) groups excluding carboxylic acids is 4. The highest BCUT2D eigenvalue weighted by molar-refractivity contribution is 6.31. The van der Waals surface area contributed by atoms with Crippen molar-refractivity contribution in [3.63, 3.8) is 0 Å². The first-order valence-electron chi connectivity index (χ1n) is 12.9. The van der Waals surface area contributed by atoms with E-state index in [-0.39, 0.29) is 42.2 Å². The second-order valence-electron chi connectivity index (χ2n) is 10.3. The van der Waals surface area contributed by atoms with E-state index in [0.717, 1.165) is 0 Å². The molecule has 2 atom stereocenters. The number of carbonyl (C=O) groups is 4. The summed E-state index contributed by atoms with van der Waals surface area (Å²) in [5.41, 5.74) is 1.67. The van der Waals surface area contributed by atoms with Crippen molar-refractivity contribution < 1.29 is 23.9 Å². The highest BCUT2D eigenvalue weighted by Crippen LogP contribution is 2.39. The van der Waals surface area contributed by atoms with Gasteiger partial charge in [-0.25, -0.2) is 4.79 Å². The van der Waals surface area contributed by atoms with Gasteiger partial charge in [-0.1, -0.05) is 43.6 Å². The highest BCUT2D eigenvalue weighted by atomic mass is 35.5. The fourth-order valence-electron chi connectivity index (χ4n) is 5.40. The Hall–Kier alpha value is -3.07. The lowest BCUT2D eigenvalue weighted by atomic mass is 9.94. The Labute approximate surface area is 222 Å². The van der Waals surface area contributed by atoms with Crippen LogP contribution in [0.15, 0.2) is 35.5 Å². The molecule has 4 rings (SSSR count). The number of hydrogen-bond acceptors (Lipinski definition) is 5. The maximum atomic E-state index is 13.9. The third-order valence-corrected chi connectivity index (χ3v) is 7.73. The van der Waals surface area contributed by atoms with Gasteiger partial charge >= 0.3 is 12.0 Å². The smallest absolute Gasteiger partial charge is 0.322 e. The maximum Gasteiger partial charge on any atom is 0.322 e. The zero-order valence-corrected chi connectivity index (χ0v) is 22.6. The van der Waals surface area contributed by atoms with Crippen molar-refractivity contribution >= 4 is 35.4 Å². The molecule has 0 bridgehead atoms. The van der Waals surface area contributed by atoms with E-state index in [9.17, 15) is 19.2 Å². The van der Waals surface area contributed by atoms with E-state index in [1.165, 1.54) is 4.90 Å². The fraction of sp³-hybridized carbons (Fsp3) is 0.556. The van der Waals surface area contributed by atoms with Crippen LogP contribution in [0.3, 0.4) is 0 Å². The van der Waals surface area contributed by atoms with Gasteiger partial charge in [-0.3, -0.25) is 19.3 Å². The Balaban J connectivity index is 1.58. The summed E-state index contributed by atoms with van der Waals surface area (Å²) in [7, 11) is 1.63. The molecule has 0 aliphatic carbocycles. The molecule has 37 heavy (non-hydrogen) atoms. The van der Waals surface area contributed by atoms with Crippen LogP contribution in [0.25, 0.3) is 0 Å². The average Bonchev–Trinajstić information content (AvgIpc) is 3.22. The van der Waals surface area contributed by atoms with Gasteiger partial charge in [0.1, 0.15) is 6.04 Å². The Morgan fingerprint density at radius 1 is 1.16 bits per heavy atom. The van der Waals surface area contributed by atoms with Crippen LogP contribution >= 0.6 is 11.6 Å². The molecule has 0 radical (unpaired) electrons. The van der Waals surface area contributed by atoms with Gasteiger partial charge in [0, 0.05) is 25.2 Å². The van der Waals surface area contributed by atoms with Gasteiger partial charge < -0.3 is 19.9 Å². The number of piperidine rings is 1. The number of ether oxygens (including phenoxy) is 1. The Morgan fingerprint density at radius 3 is 2.46 bits per heavy atom. The van der Waals surface area contributed by atoms with Crippen molar-refractivity contribution in [3.05, 3.63) is 46.1 Å². The van der Waals surface area contributed by atoms with Crippen molar-refractivity contribution in [2.24, 2.45) is 11.8 Å². The molecule has 3 heterocycles. The van der Waals surface area contributed by atoms with Crippen molar-refractivity contribution in [2.75, 3.05) is 33.3 Å².